The normalized spacial score (nSPS) is 18.9. The highest BCUT2D eigenvalue weighted by Crippen LogP contribution is 2.31. The number of aliphatic hydroxyl groups excluding tert-OH is 1. The third-order valence-electron chi connectivity index (χ3n) is 7.19. The molecule has 216 valence electrons. The molecule has 4 rings (SSSR count). The molecule has 0 unspecified atom stereocenters. The molecule has 3 atom stereocenters. The standard InChI is InChI=1S/C29H38N4O6S/c1-19-15-33(20(2)18-34)28(35)14-24-13-25(31-40(36,37)29-21(3)30-39-22(29)4)11-12-26(24)38-27(19)17-32(5)16-23-9-7-6-8-10-23/h6-13,19-20,27,31,34H,14-18H2,1-5H3/t19-,20-,27-/m1/s1. The zero-order chi connectivity index (χ0) is 29.0. The van der Waals surface area contributed by atoms with Crippen molar-refractivity contribution in [1.82, 2.24) is 15.0 Å². The van der Waals surface area contributed by atoms with Gasteiger partial charge in [0.25, 0.3) is 10.0 Å². The van der Waals surface area contributed by atoms with Gasteiger partial charge in [0.1, 0.15) is 17.5 Å². The Morgan fingerprint density at radius 3 is 2.58 bits per heavy atom. The summed E-state index contributed by atoms with van der Waals surface area (Å²) in [6, 6.07) is 14.7. The zero-order valence-corrected chi connectivity index (χ0v) is 24.4. The minimum absolute atomic E-state index is 0.000142. The number of aryl methyl sites for hydroxylation is 2. The second-order valence-corrected chi connectivity index (χ2v) is 12.3. The average molecular weight is 571 g/mol. The fourth-order valence-electron chi connectivity index (χ4n) is 5.04. The molecule has 2 heterocycles. The van der Waals surface area contributed by atoms with E-state index in [1.54, 1.807) is 30.0 Å². The number of amides is 1. The van der Waals surface area contributed by atoms with E-state index in [1.165, 1.54) is 12.5 Å². The molecular formula is C29H38N4O6S. The highest BCUT2D eigenvalue weighted by Gasteiger charge is 2.31. The molecule has 1 aliphatic rings. The molecule has 0 radical (unpaired) electrons. The van der Waals surface area contributed by atoms with E-state index in [9.17, 15) is 18.3 Å². The first-order chi connectivity index (χ1) is 19.0. The van der Waals surface area contributed by atoms with Gasteiger partial charge < -0.3 is 19.3 Å². The van der Waals surface area contributed by atoms with Crippen LogP contribution in [0.4, 0.5) is 5.69 Å². The van der Waals surface area contributed by atoms with Crippen LogP contribution in [0, 0.1) is 19.8 Å². The summed E-state index contributed by atoms with van der Waals surface area (Å²) in [7, 11) is -1.94. The van der Waals surface area contributed by atoms with Gasteiger partial charge in [-0.15, -0.1) is 0 Å². The van der Waals surface area contributed by atoms with Gasteiger partial charge in [-0.3, -0.25) is 14.4 Å². The lowest BCUT2D eigenvalue weighted by Crippen LogP contribution is -2.47. The van der Waals surface area contributed by atoms with Gasteiger partial charge in [0.15, 0.2) is 10.7 Å². The van der Waals surface area contributed by atoms with Crippen molar-refractivity contribution in [2.24, 2.45) is 5.92 Å². The topological polar surface area (TPSA) is 125 Å². The third-order valence-corrected chi connectivity index (χ3v) is 8.82. The van der Waals surface area contributed by atoms with Gasteiger partial charge in [0, 0.05) is 36.8 Å². The fourth-order valence-corrected chi connectivity index (χ4v) is 6.42. The molecule has 2 aromatic carbocycles. The molecule has 1 aliphatic heterocycles. The van der Waals surface area contributed by atoms with Crippen molar-refractivity contribution in [3.63, 3.8) is 0 Å². The largest absolute Gasteiger partial charge is 0.488 e. The van der Waals surface area contributed by atoms with Gasteiger partial charge in [-0.05, 0) is 51.6 Å². The van der Waals surface area contributed by atoms with Crippen LogP contribution in [0.1, 0.15) is 36.4 Å². The van der Waals surface area contributed by atoms with E-state index in [1.807, 2.05) is 39.1 Å². The predicted octanol–water partition coefficient (Wildman–Crippen LogP) is 3.37. The van der Waals surface area contributed by atoms with Crippen molar-refractivity contribution >= 4 is 21.6 Å². The van der Waals surface area contributed by atoms with Crippen LogP contribution in [0.25, 0.3) is 0 Å². The Morgan fingerprint density at radius 1 is 1.20 bits per heavy atom. The fraction of sp³-hybridized carbons (Fsp3) is 0.448. The Hall–Kier alpha value is -3.41. The Kier molecular flexibility index (Phi) is 9.17. The molecule has 0 fully saturated rings. The van der Waals surface area contributed by atoms with Gasteiger partial charge in [-0.2, -0.15) is 0 Å². The molecule has 0 saturated heterocycles. The van der Waals surface area contributed by atoms with Gasteiger partial charge >= 0.3 is 0 Å². The Balaban J connectivity index is 1.65. The highest BCUT2D eigenvalue weighted by molar-refractivity contribution is 7.92. The lowest BCUT2D eigenvalue weighted by molar-refractivity contribution is -0.134. The van der Waals surface area contributed by atoms with Crippen molar-refractivity contribution in [3.05, 3.63) is 71.1 Å². The maximum atomic E-state index is 13.5. The van der Waals surface area contributed by atoms with Crippen LogP contribution in [0.5, 0.6) is 5.75 Å². The van der Waals surface area contributed by atoms with Crippen LogP contribution in [0.15, 0.2) is 57.9 Å². The monoisotopic (exact) mass is 570 g/mol. The van der Waals surface area contributed by atoms with Gasteiger partial charge in [-0.1, -0.05) is 42.4 Å². The first kappa shape index (κ1) is 29.6. The number of carbonyl (C=O) groups excluding carboxylic acids is 1. The predicted molar refractivity (Wildman–Crippen MR) is 152 cm³/mol. The molecule has 0 bridgehead atoms. The van der Waals surface area contributed by atoms with Crippen molar-refractivity contribution < 1.29 is 27.6 Å². The Morgan fingerprint density at radius 2 is 1.93 bits per heavy atom. The number of aliphatic hydroxyl groups is 1. The van der Waals surface area contributed by atoms with Crippen LogP contribution in [-0.4, -0.2) is 73.3 Å². The third kappa shape index (κ3) is 6.83. The minimum atomic E-state index is -3.97. The molecule has 1 amide bonds. The first-order valence-corrected chi connectivity index (χ1v) is 14.8. The number of aromatic nitrogens is 1. The molecule has 1 aromatic heterocycles. The molecule has 0 aliphatic carbocycles. The van der Waals surface area contributed by atoms with Crippen molar-refractivity contribution in [2.45, 2.75) is 57.7 Å². The summed E-state index contributed by atoms with van der Waals surface area (Å²) < 4.78 is 40.4. The highest BCUT2D eigenvalue weighted by atomic mass is 32.2. The van der Waals surface area contributed by atoms with E-state index in [2.05, 4.69) is 26.9 Å². The lowest BCUT2D eigenvalue weighted by atomic mass is 10.0. The number of benzene rings is 2. The molecule has 2 N–H and O–H groups in total. The second kappa shape index (κ2) is 12.4. The van der Waals surface area contributed by atoms with E-state index in [0.717, 1.165) is 6.54 Å². The smallest absolute Gasteiger partial charge is 0.267 e. The summed E-state index contributed by atoms with van der Waals surface area (Å²) in [4.78, 5) is 17.3. The summed E-state index contributed by atoms with van der Waals surface area (Å²) in [6.45, 7) is 8.56. The van der Waals surface area contributed by atoms with Crippen LogP contribution < -0.4 is 9.46 Å². The quantitative estimate of drug-likeness (QED) is 0.401. The number of carbonyl (C=O) groups is 1. The Labute approximate surface area is 236 Å². The number of nitrogens with one attached hydrogen (secondary N) is 1. The summed E-state index contributed by atoms with van der Waals surface area (Å²) >= 11 is 0. The van der Waals surface area contributed by atoms with Crippen molar-refractivity contribution in [1.29, 1.82) is 0 Å². The number of sulfonamides is 1. The summed E-state index contributed by atoms with van der Waals surface area (Å²) in [6.07, 6.45) is -0.267. The summed E-state index contributed by atoms with van der Waals surface area (Å²) in [5.41, 5.74) is 2.30. The second-order valence-electron chi connectivity index (χ2n) is 10.7. The van der Waals surface area contributed by atoms with E-state index in [4.69, 9.17) is 9.26 Å². The summed E-state index contributed by atoms with van der Waals surface area (Å²) in [5, 5.41) is 13.6. The first-order valence-electron chi connectivity index (χ1n) is 13.4. The van der Waals surface area contributed by atoms with Crippen LogP contribution >= 0.6 is 0 Å². The number of fused-ring (bicyclic) bond motifs is 1. The zero-order valence-electron chi connectivity index (χ0n) is 23.6. The van der Waals surface area contributed by atoms with Crippen LogP contribution in [-0.2, 0) is 27.8 Å². The molecule has 3 aromatic rings. The molecule has 0 saturated carbocycles. The van der Waals surface area contributed by atoms with Crippen LogP contribution in [0.3, 0.4) is 0 Å². The number of hydrogen-bond acceptors (Lipinski definition) is 8. The number of anilines is 1. The van der Waals surface area contributed by atoms with Gasteiger partial charge in [0.05, 0.1) is 19.1 Å². The minimum Gasteiger partial charge on any atom is -0.488 e. The molecular weight excluding hydrogens is 532 g/mol. The van der Waals surface area contributed by atoms with E-state index < -0.39 is 10.0 Å². The van der Waals surface area contributed by atoms with Crippen LogP contribution in [0.2, 0.25) is 0 Å². The van der Waals surface area contributed by atoms with E-state index >= 15 is 0 Å². The van der Waals surface area contributed by atoms with Crippen molar-refractivity contribution in [3.8, 4) is 5.75 Å². The lowest BCUT2D eigenvalue weighted by Gasteiger charge is -2.34. The number of nitrogens with zero attached hydrogens (tertiary/aromatic N) is 3. The molecule has 11 heteroatoms. The number of rotatable bonds is 9. The maximum absolute atomic E-state index is 13.5. The van der Waals surface area contributed by atoms with E-state index in [0.29, 0.717) is 30.1 Å². The van der Waals surface area contributed by atoms with E-state index in [-0.39, 0.29) is 53.3 Å². The van der Waals surface area contributed by atoms with Gasteiger partial charge in [-0.25, -0.2) is 8.42 Å². The number of hydrogen-bond donors (Lipinski definition) is 2. The summed E-state index contributed by atoms with van der Waals surface area (Å²) in [5.74, 6) is 0.510. The maximum Gasteiger partial charge on any atom is 0.267 e. The molecule has 40 heavy (non-hydrogen) atoms. The van der Waals surface area contributed by atoms with Crippen molar-refractivity contribution in [2.75, 3.05) is 31.5 Å². The molecule has 10 nitrogen and oxygen atoms in total. The number of ether oxygens (including phenoxy) is 1. The number of likely N-dealkylation sites (N-methyl/N-ethyl adjacent to an activating group) is 1. The average Bonchev–Trinajstić information content (AvgIpc) is 3.27. The molecule has 0 spiro atoms. The Bertz CT molecular complexity index is 1410. The van der Waals surface area contributed by atoms with Gasteiger partial charge in [0.2, 0.25) is 5.91 Å². The SMILES string of the molecule is Cc1noc(C)c1S(=O)(=O)Nc1ccc2c(c1)CC(=O)N([C@H](C)CO)C[C@@H](C)[C@@H](CN(C)Cc1ccccc1)O2.